The molecule has 1 aliphatic heterocycles. The summed E-state index contributed by atoms with van der Waals surface area (Å²) in [5, 5.41) is 0. The molecule has 0 saturated carbocycles. The minimum atomic E-state index is 0.551. The Morgan fingerprint density at radius 3 is 2.71 bits per heavy atom. The Bertz CT molecular complexity index is 326. The Labute approximate surface area is 110 Å². The van der Waals surface area contributed by atoms with E-state index in [4.69, 9.17) is 0 Å². The lowest BCUT2D eigenvalue weighted by Crippen LogP contribution is -2.47. The van der Waals surface area contributed by atoms with Gasteiger partial charge in [-0.2, -0.15) is 12.6 Å². The molecule has 1 aromatic rings. The van der Waals surface area contributed by atoms with E-state index < -0.39 is 0 Å². The Hall–Kier alpha value is -0.510. The fraction of sp³-hybridized carbons (Fsp3) is 0.571. The SMILES string of the molecule is CN1CCN(CCCS)C(c2ccccc2)C1. The second-order valence-electron chi connectivity index (χ2n) is 4.80. The van der Waals surface area contributed by atoms with Gasteiger partial charge in [0.1, 0.15) is 0 Å². The molecule has 1 fully saturated rings. The Kier molecular flexibility index (Phi) is 4.89. The van der Waals surface area contributed by atoms with Crippen LogP contribution in [0.3, 0.4) is 0 Å². The molecule has 0 aliphatic carbocycles. The highest BCUT2D eigenvalue weighted by molar-refractivity contribution is 7.80. The van der Waals surface area contributed by atoms with E-state index in [1.165, 1.54) is 25.1 Å². The van der Waals surface area contributed by atoms with E-state index in [1.807, 2.05) is 0 Å². The van der Waals surface area contributed by atoms with Gasteiger partial charge < -0.3 is 4.90 Å². The van der Waals surface area contributed by atoms with Gasteiger partial charge in [-0.15, -0.1) is 0 Å². The van der Waals surface area contributed by atoms with Gasteiger partial charge in [-0.25, -0.2) is 0 Å². The van der Waals surface area contributed by atoms with Gasteiger partial charge in [-0.05, 0) is 31.3 Å². The highest BCUT2D eigenvalue weighted by Crippen LogP contribution is 2.24. The van der Waals surface area contributed by atoms with Crippen molar-refractivity contribution in [1.29, 1.82) is 0 Å². The standard InChI is InChI=1S/C14H22N2S/c1-15-9-10-16(8-5-11-17)14(12-15)13-6-3-2-4-7-13/h2-4,6-7,14,17H,5,8-12H2,1H3. The topological polar surface area (TPSA) is 6.48 Å². The van der Waals surface area contributed by atoms with Gasteiger partial charge in [0.15, 0.2) is 0 Å². The number of piperazine rings is 1. The highest BCUT2D eigenvalue weighted by Gasteiger charge is 2.25. The first-order valence-corrected chi connectivity index (χ1v) is 7.03. The zero-order valence-electron chi connectivity index (χ0n) is 10.5. The van der Waals surface area contributed by atoms with Crippen LogP contribution in [0.1, 0.15) is 18.0 Å². The molecule has 0 radical (unpaired) electrons. The summed E-state index contributed by atoms with van der Waals surface area (Å²) in [6.45, 7) is 4.65. The van der Waals surface area contributed by atoms with Crippen molar-refractivity contribution in [2.24, 2.45) is 0 Å². The zero-order chi connectivity index (χ0) is 12.1. The average Bonchev–Trinajstić information content (AvgIpc) is 2.38. The number of rotatable bonds is 4. The fourth-order valence-corrected chi connectivity index (χ4v) is 2.63. The molecule has 1 saturated heterocycles. The third-order valence-electron chi connectivity index (χ3n) is 3.48. The Morgan fingerprint density at radius 2 is 2.00 bits per heavy atom. The molecule has 0 spiro atoms. The number of thiol groups is 1. The second kappa shape index (κ2) is 6.43. The zero-order valence-corrected chi connectivity index (χ0v) is 11.4. The van der Waals surface area contributed by atoms with Crippen LogP contribution in [0.15, 0.2) is 30.3 Å². The molecule has 3 heteroatoms. The predicted octanol–water partition coefficient (Wildman–Crippen LogP) is 2.29. The van der Waals surface area contributed by atoms with Gasteiger partial charge in [0.05, 0.1) is 0 Å². The van der Waals surface area contributed by atoms with Crippen molar-refractivity contribution in [2.75, 3.05) is 39.0 Å². The van der Waals surface area contributed by atoms with E-state index in [2.05, 4.69) is 59.8 Å². The third kappa shape index (κ3) is 3.47. The summed E-state index contributed by atoms with van der Waals surface area (Å²) in [7, 11) is 2.21. The minimum Gasteiger partial charge on any atom is -0.303 e. The third-order valence-corrected chi connectivity index (χ3v) is 3.80. The van der Waals surface area contributed by atoms with Gasteiger partial charge in [0.2, 0.25) is 0 Å². The Morgan fingerprint density at radius 1 is 1.24 bits per heavy atom. The number of nitrogens with zero attached hydrogens (tertiary/aromatic N) is 2. The second-order valence-corrected chi connectivity index (χ2v) is 5.25. The smallest absolute Gasteiger partial charge is 0.0475 e. The van der Waals surface area contributed by atoms with Crippen LogP contribution in [-0.2, 0) is 0 Å². The van der Waals surface area contributed by atoms with E-state index in [1.54, 1.807) is 0 Å². The number of likely N-dealkylation sites (N-methyl/N-ethyl adjacent to an activating group) is 1. The van der Waals surface area contributed by atoms with Crippen LogP contribution in [0, 0.1) is 0 Å². The first kappa shape index (κ1) is 12.9. The van der Waals surface area contributed by atoms with Gasteiger partial charge in [0.25, 0.3) is 0 Å². The molecular formula is C14H22N2S. The van der Waals surface area contributed by atoms with Crippen molar-refractivity contribution in [2.45, 2.75) is 12.5 Å². The van der Waals surface area contributed by atoms with Crippen molar-refractivity contribution in [3.05, 3.63) is 35.9 Å². The van der Waals surface area contributed by atoms with Crippen LogP contribution < -0.4 is 0 Å². The summed E-state index contributed by atoms with van der Waals surface area (Å²) in [5.41, 5.74) is 1.44. The molecule has 0 aromatic heterocycles. The summed E-state index contributed by atoms with van der Waals surface area (Å²) >= 11 is 4.32. The van der Waals surface area contributed by atoms with Gasteiger partial charge in [-0.3, -0.25) is 4.90 Å². The van der Waals surface area contributed by atoms with E-state index in [0.29, 0.717) is 6.04 Å². The number of hydrogen-bond acceptors (Lipinski definition) is 3. The predicted molar refractivity (Wildman–Crippen MR) is 76.7 cm³/mol. The van der Waals surface area contributed by atoms with Crippen molar-refractivity contribution < 1.29 is 0 Å². The Balaban J connectivity index is 2.08. The maximum atomic E-state index is 4.32. The summed E-state index contributed by atoms with van der Waals surface area (Å²) in [6, 6.07) is 11.4. The summed E-state index contributed by atoms with van der Waals surface area (Å²) in [6.07, 6.45) is 1.18. The van der Waals surface area contributed by atoms with Crippen LogP contribution in [0.4, 0.5) is 0 Å². The van der Waals surface area contributed by atoms with Crippen molar-refractivity contribution >= 4 is 12.6 Å². The fourth-order valence-electron chi connectivity index (χ4n) is 2.49. The van der Waals surface area contributed by atoms with E-state index in [-0.39, 0.29) is 0 Å². The normalized spacial score (nSPS) is 22.8. The van der Waals surface area contributed by atoms with Gasteiger partial charge in [0, 0.05) is 25.7 Å². The van der Waals surface area contributed by atoms with Crippen LogP contribution in [0.2, 0.25) is 0 Å². The molecule has 1 aromatic carbocycles. The monoisotopic (exact) mass is 250 g/mol. The van der Waals surface area contributed by atoms with E-state index in [9.17, 15) is 0 Å². The maximum absolute atomic E-state index is 4.32. The lowest BCUT2D eigenvalue weighted by Gasteiger charge is -2.40. The molecule has 1 aliphatic rings. The number of hydrogen-bond donors (Lipinski definition) is 1. The van der Waals surface area contributed by atoms with Gasteiger partial charge >= 0.3 is 0 Å². The van der Waals surface area contributed by atoms with E-state index >= 15 is 0 Å². The largest absolute Gasteiger partial charge is 0.303 e. The molecule has 1 heterocycles. The molecular weight excluding hydrogens is 228 g/mol. The molecule has 0 bridgehead atoms. The van der Waals surface area contributed by atoms with Crippen molar-refractivity contribution in [3.8, 4) is 0 Å². The minimum absolute atomic E-state index is 0.551. The quantitative estimate of drug-likeness (QED) is 0.819. The maximum Gasteiger partial charge on any atom is 0.0475 e. The van der Waals surface area contributed by atoms with Gasteiger partial charge in [-0.1, -0.05) is 30.3 Å². The summed E-state index contributed by atoms with van der Waals surface area (Å²) in [4.78, 5) is 5.03. The van der Waals surface area contributed by atoms with Crippen LogP contribution >= 0.6 is 12.6 Å². The lowest BCUT2D eigenvalue weighted by atomic mass is 10.0. The molecule has 1 unspecified atom stereocenters. The molecule has 2 nitrogen and oxygen atoms in total. The highest BCUT2D eigenvalue weighted by atomic mass is 32.1. The van der Waals surface area contributed by atoms with E-state index in [0.717, 1.165) is 18.8 Å². The van der Waals surface area contributed by atoms with Crippen molar-refractivity contribution in [3.63, 3.8) is 0 Å². The van der Waals surface area contributed by atoms with Crippen LogP contribution in [0.25, 0.3) is 0 Å². The summed E-state index contributed by atoms with van der Waals surface area (Å²) in [5.74, 6) is 0.980. The molecule has 1 atom stereocenters. The summed E-state index contributed by atoms with van der Waals surface area (Å²) < 4.78 is 0. The number of benzene rings is 1. The molecule has 94 valence electrons. The van der Waals surface area contributed by atoms with Crippen molar-refractivity contribution in [1.82, 2.24) is 9.80 Å². The average molecular weight is 250 g/mol. The molecule has 0 amide bonds. The lowest BCUT2D eigenvalue weighted by molar-refractivity contribution is 0.0903. The first-order chi connectivity index (χ1) is 8.31. The van der Waals surface area contributed by atoms with Crippen LogP contribution in [0.5, 0.6) is 0 Å². The van der Waals surface area contributed by atoms with Crippen LogP contribution in [-0.4, -0.2) is 48.8 Å². The molecule has 0 N–H and O–H groups in total. The first-order valence-electron chi connectivity index (χ1n) is 6.39. The molecule has 17 heavy (non-hydrogen) atoms. The molecule has 2 rings (SSSR count).